The first-order chi connectivity index (χ1) is 14.1. The van der Waals surface area contributed by atoms with Crippen LogP contribution in [0.15, 0.2) is 39.7 Å². The van der Waals surface area contributed by atoms with E-state index in [9.17, 15) is 4.79 Å². The number of benzene rings is 1. The highest BCUT2D eigenvalue weighted by Crippen LogP contribution is 2.35. The predicted molar refractivity (Wildman–Crippen MR) is 112 cm³/mol. The fraction of sp³-hybridized carbons (Fsp3) is 0.522. The van der Waals surface area contributed by atoms with Crippen LogP contribution in [0, 0.1) is 5.92 Å². The number of hydrogen-bond acceptors (Lipinski definition) is 5. The van der Waals surface area contributed by atoms with E-state index in [0.717, 1.165) is 54.3 Å². The summed E-state index contributed by atoms with van der Waals surface area (Å²) in [5.74, 6) is 3.53. The molecule has 0 spiro atoms. The molecule has 2 aromatic heterocycles. The largest absolute Gasteiger partial charge is 0.444 e. The van der Waals surface area contributed by atoms with Crippen molar-refractivity contribution in [2.24, 2.45) is 5.92 Å². The second kappa shape index (κ2) is 7.41. The van der Waals surface area contributed by atoms with Gasteiger partial charge in [-0.25, -0.2) is 9.97 Å². The van der Waals surface area contributed by atoms with Crippen molar-refractivity contribution in [1.29, 1.82) is 0 Å². The van der Waals surface area contributed by atoms with Crippen molar-refractivity contribution >= 4 is 10.9 Å². The summed E-state index contributed by atoms with van der Waals surface area (Å²) in [5.41, 5.74) is 0.896. The van der Waals surface area contributed by atoms with E-state index in [2.05, 4.69) is 23.7 Å². The summed E-state index contributed by atoms with van der Waals surface area (Å²) in [4.78, 5) is 25.1. The Morgan fingerprint density at radius 2 is 2.03 bits per heavy atom. The third kappa shape index (κ3) is 3.62. The SMILES string of the molecule is CC(C)c1cnc(CN2CCCC2c2nc3ccccc3c(=O)n2CC2CC2)o1. The van der Waals surface area contributed by atoms with Crippen LogP contribution in [-0.2, 0) is 13.1 Å². The van der Waals surface area contributed by atoms with Gasteiger partial charge in [0.15, 0.2) is 0 Å². The zero-order valence-electron chi connectivity index (χ0n) is 17.2. The fourth-order valence-corrected chi connectivity index (χ4v) is 4.32. The number of fused-ring (bicyclic) bond motifs is 1. The maximum Gasteiger partial charge on any atom is 0.261 e. The quantitative estimate of drug-likeness (QED) is 0.627. The lowest BCUT2D eigenvalue weighted by atomic mass is 10.1. The van der Waals surface area contributed by atoms with E-state index >= 15 is 0 Å². The first kappa shape index (κ1) is 18.6. The first-order valence-electron chi connectivity index (χ1n) is 10.8. The van der Waals surface area contributed by atoms with Crippen molar-refractivity contribution in [1.82, 2.24) is 19.4 Å². The zero-order chi connectivity index (χ0) is 20.0. The van der Waals surface area contributed by atoms with Crippen molar-refractivity contribution in [3.8, 4) is 0 Å². The molecule has 1 unspecified atom stereocenters. The molecule has 1 saturated carbocycles. The van der Waals surface area contributed by atoms with Gasteiger partial charge in [0.05, 0.1) is 29.7 Å². The molecule has 0 radical (unpaired) electrons. The molecule has 0 amide bonds. The Balaban J connectivity index is 1.51. The molecule has 1 aliphatic heterocycles. The van der Waals surface area contributed by atoms with E-state index in [-0.39, 0.29) is 11.6 Å². The van der Waals surface area contributed by atoms with Crippen LogP contribution in [0.4, 0.5) is 0 Å². The van der Waals surface area contributed by atoms with Gasteiger partial charge in [-0.15, -0.1) is 0 Å². The molecular weight excluding hydrogens is 364 g/mol. The van der Waals surface area contributed by atoms with Gasteiger partial charge >= 0.3 is 0 Å². The van der Waals surface area contributed by atoms with Gasteiger partial charge in [0, 0.05) is 12.5 Å². The number of likely N-dealkylation sites (tertiary alicyclic amines) is 1. The third-order valence-electron chi connectivity index (χ3n) is 6.17. The molecule has 5 rings (SSSR count). The minimum Gasteiger partial charge on any atom is -0.444 e. The summed E-state index contributed by atoms with van der Waals surface area (Å²) >= 11 is 0. The molecule has 1 aromatic carbocycles. The van der Waals surface area contributed by atoms with Crippen LogP contribution in [0.1, 0.15) is 69.0 Å². The molecule has 0 bridgehead atoms. The average molecular weight is 393 g/mol. The Labute approximate surface area is 170 Å². The smallest absolute Gasteiger partial charge is 0.261 e. The minimum atomic E-state index is 0.0996. The molecule has 1 atom stereocenters. The second-order valence-electron chi connectivity index (χ2n) is 8.79. The van der Waals surface area contributed by atoms with Crippen LogP contribution in [0.25, 0.3) is 10.9 Å². The third-order valence-corrected chi connectivity index (χ3v) is 6.17. The highest BCUT2D eigenvalue weighted by molar-refractivity contribution is 5.77. The maximum atomic E-state index is 13.3. The molecule has 0 N–H and O–H groups in total. The Hall–Kier alpha value is -2.47. The summed E-state index contributed by atoms with van der Waals surface area (Å²) < 4.78 is 7.90. The molecule has 6 nitrogen and oxygen atoms in total. The number of rotatable bonds is 6. The minimum absolute atomic E-state index is 0.0996. The van der Waals surface area contributed by atoms with Crippen molar-refractivity contribution in [2.45, 2.75) is 64.6 Å². The molecule has 3 heterocycles. The number of para-hydroxylation sites is 1. The topological polar surface area (TPSA) is 64.2 Å². The van der Waals surface area contributed by atoms with E-state index < -0.39 is 0 Å². The monoisotopic (exact) mass is 392 g/mol. The standard InChI is InChI=1S/C23H28N4O2/c1-15(2)20-12-24-21(29-20)14-26-11-5-8-19(26)22-25-18-7-4-3-6-17(18)23(28)27(22)13-16-9-10-16/h3-4,6-7,12,15-16,19H,5,8-11,13-14H2,1-2H3. The maximum absolute atomic E-state index is 13.3. The summed E-state index contributed by atoms with van der Waals surface area (Å²) in [5, 5.41) is 0.718. The van der Waals surface area contributed by atoms with E-state index in [1.807, 2.05) is 35.0 Å². The highest BCUT2D eigenvalue weighted by atomic mass is 16.4. The Morgan fingerprint density at radius 3 is 2.79 bits per heavy atom. The van der Waals surface area contributed by atoms with Gasteiger partial charge in [0.1, 0.15) is 11.6 Å². The van der Waals surface area contributed by atoms with Crippen molar-refractivity contribution in [2.75, 3.05) is 6.54 Å². The lowest BCUT2D eigenvalue weighted by Gasteiger charge is -2.25. The predicted octanol–water partition coefficient (Wildman–Crippen LogP) is 4.26. The summed E-state index contributed by atoms with van der Waals surface area (Å²) in [6.45, 7) is 6.63. The van der Waals surface area contributed by atoms with Crippen molar-refractivity contribution in [3.63, 3.8) is 0 Å². The van der Waals surface area contributed by atoms with E-state index in [4.69, 9.17) is 9.40 Å². The Morgan fingerprint density at radius 1 is 1.21 bits per heavy atom. The number of hydrogen-bond donors (Lipinski definition) is 0. The molecule has 2 fully saturated rings. The van der Waals surface area contributed by atoms with Gasteiger partial charge in [-0.1, -0.05) is 26.0 Å². The van der Waals surface area contributed by atoms with Crippen LogP contribution in [0.5, 0.6) is 0 Å². The molecule has 2 aliphatic rings. The molecule has 1 aliphatic carbocycles. The summed E-state index contributed by atoms with van der Waals surface area (Å²) in [6, 6.07) is 7.84. The van der Waals surface area contributed by atoms with E-state index in [1.165, 1.54) is 12.8 Å². The number of oxazole rings is 1. The van der Waals surface area contributed by atoms with Gasteiger partial charge in [-0.05, 0) is 50.3 Å². The second-order valence-corrected chi connectivity index (χ2v) is 8.79. The lowest BCUT2D eigenvalue weighted by Crippen LogP contribution is -2.32. The van der Waals surface area contributed by atoms with Crippen LogP contribution in [0.2, 0.25) is 0 Å². The van der Waals surface area contributed by atoms with Gasteiger partial charge < -0.3 is 4.42 Å². The van der Waals surface area contributed by atoms with Crippen LogP contribution in [-0.4, -0.2) is 26.0 Å². The Bertz CT molecular complexity index is 1080. The molecule has 3 aromatic rings. The van der Waals surface area contributed by atoms with Crippen LogP contribution >= 0.6 is 0 Å². The van der Waals surface area contributed by atoms with Crippen molar-refractivity contribution in [3.05, 3.63) is 58.3 Å². The highest BCUT2D eigenvalue weighted by Gasteiger charge is 2.33. The van der Waals surface area contributed by atoms with Crippen LogP contribution in [0.3, 0.4) is 0 Å². The summed E-state index contributed by atoms with van der Waals surface area (Å²) in [7, 11) is 0. The first-order valence-corrected chi connectivity index (χ1v) is 10.8. The number of nitrogens with zero attached hydrogens (tertiary/aromatic N) is 4. The van der Waals surface area contributed by atoms with E-state index in [0.29, 0.717) is 18.4 Å². The molecule has 152 valence electrons. The van der Waals surface area contributed by atoms with Gasteiger partial charge in [-0.3, -0.25) is 14.3 Å². The van der Waals surface area contributed by atoms with Crippen LogP contribution < -0.4 is 5.56 Å². The number of aromatic nitrogens is 3. The molecular formula is C23H28N4O2. The fourth-order valence-electron chi connectivity index (χ4n) is 4.32. The molecule has 6 heteroatoms. The normalized spacial score (nSPS) is 20.2. The molecule has 29 heavy (non-hydrogen) atoms. The zero-order valence-corrected chi connectivity index (χ0v) is 17.2. The summed E-state index contributed by atoms with van der Waals surface area (Å²) in [6.07, 6.45) is 6.35. The lowest BCUT2D eigenvalue weighted by molar-refractivity contribution is 0.208. The molecule has 1 saturated heterocycles. The van der Waals surface area contributed by atoms with Gasteiger partial charge in [0.2, 0.25) is 5.89 Å². The van der Waals surface area contributed by atoms with Gasteiger partial charge in [-0.2, -0.15) is 0 Å². The van der Waals surface area contributed by atoms with E-state index in [1.54, 1.807) is 0 Å². The Kier molecular flexibility index (Phi) is 4.74. The average Bonchev–Trinajstić information content (AvgIpc) is 3.21. The van der Waals surface area contributed by atoms with Gasteiger partial charge in [0.25, 0.3) is 5.56 Å². The van der Waals surface area contributed by atoms with Crippen molar-refractivity contribution < 1.29 is 4.42 Å².